The van der Waals surface area contributed by atoms with Gasteiger partial charge < -0.3 is 5.73 Å². The number of aromatic nitrogens is 2. The van der Waals surface area contributed by atoms with Gasteiger partial charge in [0.2, 0.25) is 0 Å². The first-order valence-electron chi connectivity index (χ1n) is 6.59. The van der Waals surface area contributed by atoms with Crippen molar-refractivity contribution in [3.05, 3.63) is 53.3 Å². The SMILES string of the molecule is Cn1ccc(C(N)c2ccccc2C2CCC2)n1. The molecule has 0 bridgehead atoms. The minimum atomic E-state index is -0.108. The monoisotopic (exact) mass is 241 g/mol. The summed E-state index contributed by atoms with van der Waals surface area (Å²) in [6, 6.07) is 10.4. The molecule has 0 saturated heterocycles. The highest BCUT2D eigenvalue weighted by Gasteiger charge is 2.24. The van der Waals surface area contributed by atoms with E-state index in [1.54, 1.807) is 4.68 Å². The molecule has 3 heteroatoms. The lowest BCUT2D eigenvalue weighted by atomic mass is 9.77. The van der Waals surface area contributed by atoms with Crippen LogP contribution in [0.2, 0.25) is 0 Å². The third kappa shape index (κ3) is 1.95. The van der Waals surface area contributed by atoms with E-state index >= 15 is 0 Å². The standard InChI is InChI=1S/C15H19N3/c1-18-10-9-14(17-18)15(16)13-8-3-2-7-12(13)11-5-4-6-11/h2-3,7-11,15H,4-6,16H2,1H3. The Morgan fingerprint density at radius 1 is 1.28 bits per heavy atom. The van der Waals surface area contributed by atoms with Crippen LogP contribution in [0, 0.1) is 0 Å². The van der Waals surface area contributed by atoms with Crippen molar-refractivity contribution in [3.8, 4) is 0 Å². The van der Waals surface area contributed by atoms with Crippen LogP contribution >= 0.6 is 0 Å². The molecule has 1 atom stereocenters. The van der Waals surface area contributed by atoms with Gasteiger partial charge in [-0.15, -0.1) is 0 Å². The van der Waals surface area contributed by atoms with Gasteiger partial charge in [0.05, 0.1) is 11.7 Å². The van der Waals surface area contributed by atoms with E-state index in [9.17, 15) is 0 Å². The largest absolute Gasteiger partial charge is 0.319 e. The molecule has 1 aromatic heterocycles. The minimum Gasteiger partial charge on any atom is -0.319 e. The Labute approximate surface area is 108 Å². The van der Waals surface area contributed by atoms with Crippen molar-refractivity contribution in [2.24, 2.45) is 12.8 Å². The normalized spacial score (nSPS) is 17.4. The van der Waals surface area contributed by atoms with E-state index in [-0.39, 0.29) is 6.04 Å². The summed E-state index contributed by atoms with van der Waals surface area (Å²) >= 11 is 0. The fraction of sp³-hybridized carbons (Fsp3) is 0.400. The van der Waals surface area contributed by atoms with E-state index in [4.69, 9.17) is 5.73 Å². The second-order valence-corrected chi connectivity index (χ2v) is 5.15. The van der Waals surface area contributed by atoms with E-state index in [1.807, 2.05) is 19.3 Å². The molecule has 0 spiro atoms. The first-order valence-corrected chi connectivity index (χ1v) is 6.59. The molecular formula is C15H19N3. The zero-order chi connectivity index (χ0) is 12.5. The molecule has 0 aliphatic heterocycles. The molecule has 1 unspecified atom stereocenters. The van der Waals surface area contributed by atoms with Crippen molar-refractivity contribution in [2.45, 2.75) is 31.2 Å². The molecule has 18 heavy (non-hydrogen) atoms. The molecule has 2 N–H and O–H groups in total. The van der Waals surface area contributed by atoms with Crippen molar-refractivity contribution in [2.75, 3.05) is 0 Å². The number of benzene rings is 1. The molecule has 0 radical (unpaired) electrons. The molecule has 1 heterocycles. The number of rotatable bonds is 3. The van der Waals surface area contributed by atoms with Crippen LogP contribution in [0.25, 0.3) is 0 Å². The maximum Gasteiger partial charge on any atom is 0.0837 e. The van der Waals surface area contributed by atoms with Crippen molar-refractivity contribution in [1.29, 1.82) is 0 Å². The third-order valence-electron chi connectivity index (χ3n) is 3.93. The van der Waals surface area contributed by atoms with Crippen LogP contribution in [-0.4, -0.2) is 9.78 Å². The Balaban J connectivity index is 1.95. The summed E-state index contributed by atoms with van der Waals surface area (Å²) in [6.07, 6.45) is 5.89. The van der Waals surface area contributed by atoms with Gasteiger partial charge in [-0.25, -0.2) is 0 Å². The molecule has 1 aliphatic carbocycles. The predicted octanol–water partition coefficient (Wildman–Crippen LogP) is 2.74. The summed E-state index contributed by atoms with van der Waals surface area (Å²) < 4.78 is 1.81. The summed E-state index contributed by atoms with van der Waals surface area (Å²) in [5.41, 5.74) is 9.97. The van der Waals surface area contributed by atoms with Gasteiger partial charge in [-0.3, -0.25) is 4.68 Å². The van der Waals surface area contributed by atoms with Crippen LogP contribution in [0.4, 0.5) is 0 Å². The molecule has 1 aromatic carbocycles. The van der Waals surface area contributed by atoms with Gasteiger partial charge in [0.1, 0.15) is 0 Å². The average molecular weight is 241 g/mol. The van der Waals surface area contributed by atoms with E-state index in [2.05, 4.69) is 29.4 Å². The zero-order valence-corrected chi connectivity index (χ0v) is 10.7. The van der Waals surface area contributed by atoms with Crippen molar-refractivity contribution in [1.82, 2.24) is 9.78 Å². The molecule has 1 fully saturated rings. The molecular weight excluding hydrogens is 222 g/mol. The average Bonchev–Trinajstić information content (AvgIpc) is 2.74. The molecule has 1 saturated carbocycles. The van der Waals surface area contributed by atoms with Gasteiger partial charge in [-0.1, -0.05) is 30.7 Å². The summed E-state index contributed by atoms with van der Waals surface area (Å²) in [6.45, 7) is 0. The summed E-state index contributed by atoms with van der Waals surface area (Å²) in [5, 5.41) is 4.42. The molecule has 2 aromatic rings. The van der Waals surface area contributed by atoms with Gasteiger partial charge in [0.25, 0.3) is 0 Å². The third-order valence-corrected chi connectivity index (χ3v) is 3.93. The highest BCUT2D eigenvalue weighted by atomic mass is 15.3. The van der Waals surface area contributed by atoms with Crippen LogP contribution in [0.1, 0.15) is 48.0 Å². The summed E-state index contributed by atoms with van der Waals surface area (Å²) in [5.74, 6) is 0.705. The Bertz CT molecular complexity index is 540. The number of nitrogens with two attached hydrogens (primary N) is 1. The number of aryl methyl sites for hydroxylation is 1. The zero-order valence-electron chi connectivity index (χ0n) is 10.7. The summed E-state index contributed by atoms with van der Waals surface area (Å²) in [4.78, 5) is 0. The second kappa shape index (κ2) is 4.58. The number of hydrogen-bond acceptors (Lipinski definition) is 2. The maximum atomic E-state index is 6.37. The van der Waals surface area contributed by atoms with Crippen LogP contribution < -0.4 is 5.73 Å². The van der Waals surface area contributed by atoms with Gasteiger partial charge in [0.15, 0.2) is 0 Å². The quantitative estimate of drug-likeness (QED) is 0.898. The van der Waals surface area contributed by atoms with Crippen molar-refractivity contribution >= 4 is 0 Å². The van der Waals surface area contributed by atoms with Gasteiger partial charge >= 0.3 is 0 Å². The smallest absolute Gasteiger partial charge is 0.0837 e. The Morgan fingerprint density at radius 3 is 2.67 bits per heavy atom. The fourth-order valence-electron chi connectivity index (χ4n) is 2.64. The molecule has 0 amide bonds. The lowest BCUT2D eigenvalue weighted by Crippen LogP contribution is -2.18. The maximum absolute atomic E-state index is 6.37. The lowest BCUT2D eigenvalue weighted by Gasteiger charge is -2.29. The molecule has 3 rings (SSSR count). The number of nitrogens with zero attached hydrogens (tertiary/aromatic N) is 2. The van der Waals surface area contributed by atoms with Gasteiger partial charge in [-0.2, -0.15) is 5.10 Å². The van der Waals surface area contributed by atoms with Crippen LogP contribution in [-0.2, 0) is 7.05 Å². The fourth-order valence-corrected chi connectivity index (χ4v) is 2.64. The Morgan fingerprint density at radius 2 is 2.06 bits per heavy atom. The predicted molar refractivity (Wildman–Crippen MR) is 72.3 cm³/mol. The number of hydrogen-bond donors (Lipinski definition) is 1. The van der Waals surface area contributed by atoms with Gasteiger partial charge in [0, 0.05) is 13.2 Å². The second-order valence-electron chi connectivity index (χ2n) is 5.15. The van der Waals surface area contributed by atoms with E-state index in [1.165, 1.54) is 30.4 Å². The Hall–Kier alpha value is -1.61. The van der Waals surface area contributed by atoms with Crippen LogP contribution in [0.5, 0.6) is 0 Å². The van der Waals surface area contributed by atoms with Crippen LogP contribution in [0.3, 0.4) is 0 Å². The minimum absolute atomic E-state index is 0.108. The highest BCUT2D eigenvalue weighted by molar-refractivity contribution is 5.37. The van der Waals surface area contributed by atoms with E-state index < -0.39 is 0 Å². The van der Waals surface area contributed by atoms with E-state index in [0.717, 1.165) is 5.69 Å². The van der Waals surface area contributed by atoms with Crippen LogP contribution in [0.15, 0.2) is 36.5 Å². The molecule has 94 valence electrons. The lowest BCUT2D eigenvalue weighted by molar-refractivity contribution is 0.416. The Kier molecular flexibility index (Phi) is 2.92. The molecule has 1 aliphatic rings. The summed E-state index contributed by atoms with van der Waals surface area (Å²) in [7, 11) is 1.92. The van der Waals surface area contributed by atoms with Crippen molar-refractivity contribution in [3.63, 3.8) is 0 Å². The van der Waals surface area contributed by atoms with E-state index in [0.29, 0.717) is 5.92 Å². The van der Waals surface area contributed by atoms with Gasteiger partial charge in [-0.05, 0) is 36.0 Å². The molecule has 3 nitrogen and oxygen atoms in total. The highest BCUT2D eigenvalue weighted by Crippen LogP contribution is 2.39. The first-order chi connectivity index (χ1) is 8.75. The topological polar surface area (TPSA) is 43.8 Å². The first kappa shape index (κ1) is 11.5. The van der Waals surface area contributed by atoms with Crippen molar-refractivity contribution < 1.29 is 0 Å².